The van der Waals surface area contributed by atoms with E-state index in [-0.39, 0.29) is 0 Å². The molecule has 2 heteroatoms. The molecule has 0 fully saturated rings. The number of hydrogen-bond acceptors (Lipinski definition) is 2. The van der Waals surface area contributed by atoms with E-state index in [1.54, 1.807) is 0 Å². The van der Waals surface area contributed by atoms with E-state index in [0.29, 0.717) is 11.8 Å². The Hall–Kier alpha value is -1.96. The van der Waals surface area contributed by atoms with Gasteiger partial charge in [-0.25, -0.2) is 0 Å². The number of aryl methyl sites for hydroxylation is 4. The molecule has 26 heavy (non-hydrogen) atoms. The fourth-order valence-corrected chi connectivity index (χ4v) is 3.40. The van der Waals surface area contributed by atoms with Gasteiger partial charge in [0.25, 0.3) is 0 Å². The third kappa shape index (κ3) is 6.40. The van der Waals surface area contributed by atoms with Crippen molar-refractivity contribution in [3.8, 4) is 0 Å². The number of rotatable bonds is 9. The van der Waals surface area contributed by atoms with Gasteiger partial charge in [-0.3, -0.25) is 0 Å². The van der Waals surface area contributed by atoms with E-state index in [1.165, 1.54) is 35.1 Å². The van der Waals surface area contributed by atoms with Crippen molar-refractivity contribution in [3.05, 3.63) is 58.7 Å². The average molecular weight is 353 g/mol. The van der Waals surface area contributed by atoms with Crippen molar-refractivity contribution in [3.63, 3.8) is 0 Å². The SMILES string of the molecule is CC(C)CCc1cc(N)ccc1CCc1ccc(N)cc1CCC(C)C. The summed E-state index contributed by atoms with van der Waals surface area (Å²) in [5.74, 6) is 1.42. The van der Waals surface area contributed by atoms with Gasteiger partial charge in [0.05, 0.1) is 0 Å². The molecule has 2 aromatic carbocycles. The van der Waals surface area contributed by atoms with Crippen LogP contribution in [0.5, 0.6) is 0 Å². The molecule has 0 amide bonds. The van der Waals surface area contributed by atoms with Crippen LogP contribution in [0.2, 0.25) is 0 Å². The second-order valence-electron chi connectivity index (χ2n) is 8.42. The quantitative estimate of drug-likeness (QED) is 0.559. The van der Waals surface area contributed by atoms with Gasteiger partial charge in [0.1, 0.15) is 0 Å². The standard InChI is InChI=1S/C24H36N2/c1-17(2)5-7-21-15-23(25)13-11-19(21)9-10-20-12-14-24(26)16-22(20)8-6-18(3)4/h11-18H,5-10,25-26H2,1-4H3. The van der Waals surface area contributed by atoms with Crippen molar-refractivity contribution in [1.82, 2.24) is 0 Å². The highest BCUT2D eigenvalue weighted by molar-refractivity contribution is 5.47. The largest absolute Gasteiger partial charge is 0.399 e. The van der Waals surface area contributed by atoms with Crippen LogP contribution in [0.3, 0.4) is 0 Å². The molecule has 142 valence electrons. The van der Waals surface area contributed by atoms with Gasteiger partial charge in [-0.15, -0.1) is 0 Å². The molecule has 0 unspecified atom stereocenters. The van der Waals surface area contributed by atoms with E-state index in [2.05, 4.69) is 52.0 Å². The molecular weight excluding hydrogens is 316 g/mol. The fourth-order valence-electron chi connectivity index (χ4n) is 3.40. The van der Waals surface area contributed by atoms with E-state index >= 15 is 0 Å². The Morgan fingerprint density at radius 2 is 0.962 bits per heavy atom. The maximum Gasteiger partial charge on any atom is 0.0316 e. The molecule has 0 aliphatic heterocycles. The third-order valence-electron chi connectivity index (χ3n) is 5.11. The Bertz CT molecular complexity index is 640. The Kier molecular flexibility index (Phi) is 7.56. The summed E-state index contributed by atoms with van der Waals surface area (Å²) in [5.41, 5.74) is 19.5. The minimum absolute atomic E-state index is 0.712. The number of hydrogen-bond donors (Lipinski definition) is 2. The van der Waals surface area contributed by atoms with Crippen molar-refractivity contribution < 1.29 is 0 Å². The zero-order valence-electron chi connectivity index (χ0n) is 17.0. The molecule has 0 spiro atoms. The second kappa shape index (κ2) is 9.66. The molecule has 2 nitrogen and oxygen atoms in total. The number of anilines is 2. The number of nitrogens with two attached hydrogens (primary N) is 2. The molecule has 0 atom stereocenters. The fraction of sp³-hybridized carbons (Fsp3) is 0.500. The molecule has 0 aliphatic carbocycles. The maximum atomic E-state index is 6.04. The summed E-state index contributed by atoms with van der Waals surface area (Å²) in [6.45, 7) is 9.12. The molecule has 0 bridgehead atoms. The van der Waals surface area contributed by atoms with Crippen LogP contribution in [0.25, 0.3) is 0 Å². The van der Waals surface area contributed by atoms with Gasteiger partial charge in [0, 0.05) is 11.4 Å². The molecule has 0 aliphatic rings. The third-order valence-corrected chi connectivity index (χ3v) is 5.11. The maximum absolute atomic E-state index is 6.04. The minimum atomic E-state index is 0.712. The number of benzene rings is 2. The predicted octanol–water partition coefficient (Wildman–Crippen LogP) is 5.81. The van der Waals surface area contributed by atoms with E-state index in [4.69, 9.17) is 11.5 Å². The van der Waals surface area contributed by atoms with Crippen LogP contribution in [0.1, 0.15) is 62.8 Å². The van der Waals surface area contributed by atoms with Crippen LogP contribution < -0.4 is 11.5 Å². The smallest absolute Gasteiger partial charge is 0.0316 e. The zero-order chi connectivity index (χ0) is 19.1. The van der Waals surface area contributed by atoms with E-state index in [9.17, 15) is 0 Å². The van der Waals surface area contributed by atoms with Crippen LogP contribution in [0, 0.1) is 11.8 Å². The van der Waals surface area contributed by atoms with Crippen LogP contribution in [0.15, 0.2) is 36.4 Å². The van der Waals surface area contributed by atoms with Gasteiger partial charge in [0.15, 0.2) is 0 Å². The monoisotopic (exact) mass is 352 g/mol. The molecule has 0 heterocycles. The lowest BCUT2D eigenvalue weighted by atomic mass is 9.91. The average Bonchev–Trinajstić information content (AvgIpc) is 2.58. The Morgan fingerprint density at radius 1 is 0.577 bits per heavy atom. The van der Waals surface area contributed by atoms with Crippen LogP contribution in [0.4, 0.5) is 11.4 Å². The van der Waals surface area contributed by atoms with Crippen LogP contribution in [-0.2, 0) is 25.7 Å². The van der Waals surface area contributed by atoms with Crippen molar-refractivity contribution in [1.29, 1.82) is 0 Å². The van der Waals surface area contributed by atoms with Gasteiger partial charge < -0.3 is 11.5 Å². The lowest BCUT2D eigenvalue weighted by Gasteiger charge is -2.15. The van der Waals surface area contributed by atoms with Gasteiger partial charge >= 0.3 is 0 Å². The summed E-state index contributed by atoms with van der Waals surface area (Å²) in [7, 11) is 0. The first-order valence-corrected chi connectivity index (χ1v) is 10.1. The second-order valence-corrected chi connectivity index (χ2v) is 8.42. The van der Waals surface area contributed by atoms with Crippen LogP contribution in [-0.4, -0.2) is 0 Å². The van der Waals surface area contributed by atoms with Gasteiger partial charge in [0.2, 0.25) is 0 Å². The first kappa shape index (κ1) is 20.4. The van der Waals surface area contributed by atoms with E-state index in [1.807, 2.05) is 12.1 Å². The Labute approximate surface area is 160 Å². The van der Waals surface area contributed by atoms with E-state index < -0.39 is 0 Å². The zero-order valence-corrected chi connectivity index (χ0v) is 17.0. The first-order chi connectivity index (χ1) is 12.3. The lowest BCUT2D eigenvalue weighted by Crippen LogP contribution is -2.04. The highest BCUT2D eigenvalue weighted by Gasteiger charge is 2.09. The van der Waals surface area contributed by atoms with Gasteiger partial charge in [-0.05, 0) is 96.9 Å². The van der Waals surface area contributed by atoms with E-state index in [0.717, 1.165) is 37.1 Å². The number of nitrogen functional groups attached to an aromatic ring is 2. The normalized spacial score (nSPS) is 11.5. The molecule has 0 radical (unpaired) electrons. The van der Waals surface area contributed by atoms with Crippen molar-refractivity contribution >= 4 is 11.4 Å². The molecule has 2 aromatic rings. The molecule has 4 N–H and O–H groups in total. The topological polar surface area (TPSA) is 52.0 Å². The first-order valence-electron chi connectivity index (χ1n) is 10.1. The molecule has 0 saturated heterocycles. The molecule has 0 saturated carbocycles. The Balaban J connectivity index is 2.13. The van der Waals surface area contributed by atoms with Crippen molar-refractivity contribution in [2.45, 2.75) is 66.2 Å². The van der Waals surface area contributed by atoms with Crippen LogP contribution >= 0.6 is 0 Å². The lowest BCUT2D eigenvalue weighted by molar-refractivity contribution is 0.583. The summed E-state index contributed by atoms with van der Waals surface area (Å²) in [6.07, 6.45) is 6.76. The summed E-state index contributed by atoms with van der Waals surface area (Å²) in [5, 5.41) is 0. The summed E-state index contributed by atoms with van der Waals surface area (Å²) < 4.78 is 0. The minimum Gasteiger partial charge on any atom is -0.399 e. The molecule has 2 rings (SSSR count). The Morgan fingerprint density at radius 3 is 1.31 bits per heavy atom. The molecule has 0 aromatic heterocycles. The van der Waals surface area contributed by atoms with Crippen molar-refractivity contribution in [2.75, 3.05) is 11.5 Å². The van der Waals surface area contributed by atoms with Crippen molar-refractivity contribution in [2.24, 2.45) is 11.8 Å². The summed E-state index contributed by atoms with van der Waals surface area (Å²) >= 11 is 0. The van der Waals surface area contributed by atoms with Gasteiger partial charge in [-0.2, -0.15) is 0 Å². The molecular formula is C24H36N2. The predicted molar refractivity (Wildman–Crippen MR) is 115 cm³/mol. The summed E-state index contributed by atoms with van der Waals surface area (Å²) in [4.78, 5) is 0. The highest BCUT2D eigenvalue weighted by atomic mass is 14.5. The highest BCUT2D eigenvalue weighted by Crippen LogP contribution is 2.23. The van der Waals surface area contributed by atoms with Gasteiger partial charge in [-0.1, -0.05) is 39.8 Å². The summed E-state index contributed by atoms with van der Waals surface area (Å²) in [6, 6.07) is 12.8.